The molecule has 6 nitrogen and oxygen atoms in total. The van der Waals surface area contributed by atoms with Crippen molar-refractivity contribution < 1.29 is 19.1 Å². The Balaban J connectivity index is 1.52. The molecule has 2 amide bonds. The van der Waals surface area contributed by atoms with E-state index in [2.05, 4.69) is 5.32 Å². The number of carbonyl (C=O) groups excluding carboxylic acids is 2. The minimum absolute atomic E-state index is 0.155. The van der Waals surface area contributed by atoms with E-state index in [1.807, 2.05) is 30.3 Å². The van der Waals surface area contributed by atoms with Gasteiger partial charge < -0.3 is 19.7 Å². The number of nitrogens with one attached hydrogen (secondary N) is 1. The third-order valence-corrected chi connectivity index (χ3v) is 5.20. The Hall–Kier alpha value is -3.51. The van der Waals surface area contributed by atoms with Crippen LogP contribution in [0.25, 0.3) is 0 Å². The number of urea groups is 1. The summed E-state index contributed by atoms with van der Waals surface area (Å²) in [5.41, 5.74) is 2.60. The lowest BCUT2D eigenvalue weighted by molar-refractivity contribution is -0.142. The van der Waals surface area contributed by atoms with Crippen molar-refractivity contribution >= 4 is 29.3 Å². The van der Waals surface area contributed by atoms with Gasteiger partial charge in [-0.15, -0.1) is 0 Å². The Morgan fingerprint density at radius 1 is 0.970 bits per heavy atom. The molecule has 172 valence electrons. The highest BCUT2D eigenvalue weighted by Gasteiger charge is 2.11. The Kier molecular flexibility index (Phi) is 8.72. The average Bonchev–Trinajstić information content (AvgIpc) is 2.81. The monoisotopic (exact) mass is 466 g/mol. The molecule has 33 heavy (non-hydrogen) atoms. The largest absolute Gasteiger partial charge is 0.466 e. The van der Waals surface area contributed by atoms with Crippen LogP contribution in [0.5, 0.6) is 11.5 Å². The maximum absolute atomic E-state index is 12.4. The number of ether oxygens (including phenoxy) is 2. The molecule has 0 aromatic heterocycles. The highest BCUT2D eigenvalue weighted by atomic mass is 35.5. The lowest BCUT2D eigenvalue weighted by Crippen LogP contribution is -2.32. The van der Waals surface area contributed by atoms with Crippen molar-refractivity contribution in [2.45, 2.75) is 19.8 Å². The summed E-state index contributed by atoms with van der Waals surface area (Å²) in [6, 6.07) is 22.1. The molecule has 7 heteroatoms. The SMILES string of the molecule is CCOC(=O)Cc1ccc(Oc2ccc(NC(=O)N(C)CCc3ccccc3)cc2)c(Cl)c1. The minimum atomic E-state index is -0.300. The second-order valence-electron chi connectivity index (χ2n) is 7.46. The summed E-state index contributed by atoms with van der Waals surface area (Å²) >= 11 is 6.31. The van der Waals surface area contributed by atoms with E-state index in [0.717, 1.165) is 12.0 Å². The van der Waals surface area contributed by atoms with Gasteiger partial charge in [-0.3, -0.25) is 4.79 Å². The molecule has 0 unspecified atom stereocenters. The van der Waals surface area contributed by atoms with Crippen LogP contribution in [0.2, 0.25) is 5.02 Å². The normalized spacial score (nSPS) is 10.4. The van der Waals surface area contributed by atoms with Gasteiger partial charge in [0.05, 0.1) is 18.1 Å². The van der Waals surface area contributed by atoms with Crippen molar-refractivity contribution in [2.24, 2.45) is 0 Å². The summed E-state index contributed by atoms with van der Waals surface area (Å²) < 4.78 is 10.8. The summed E-state index contributed by atoms with van der Waals surface area (Å²) in [4.78, 5) is 25.7. The molecule has 0 spiro atoms. The molecule has 1 N–H and O–H groups in total. The number of rotatable bonds is 9. The zero-order valence-corrected chi connectivity index (χ0v) is 19.5. The van der Waals surface area contributed by atoms with E-state index in [4.69, 9.17) is 21.1 Å². The van der Waals surface area contributed by atoms with Crippen LogP contribution in [0.15, 0.2) is 72.8 Å². The maximum atomic E-state index is 12.4. The van der Waals surface area contributed by atoms with Gasteiger partial charge in [0.2, 0.25) is 0 Å². The number of anilines is 1. The lowest BCUT2D eigenvalue weighted by atomic mass is 10.1. The van der Waals surface area contributed by atoms with E-state index >= 15 is 0 Å². The highest BCUT2D eigenvalue weighted by molar-refractivity contribution is 6.32. The quantitative estimate of drug-likeness (QED) is 0.396. The molecule has 0 aliphatic carbocycles. The van der Waals surface area contributed by atoms with Crippen molar-refractivity contribution in [3.05, 3.63) is 88.9 Å². The fourth-order valence-electron chi connectivity index (χ4n) is 3.11. The number of nitrogens with zero attached hydrogens (tertiary/aromatic N) is 1. The van der Waals surface area contributed by atoms with Gasteiger partial charge in [0.15, 0.2) is 0 Å². The van der Waals surface area contributed by atoms with Crippen molar-refractivity contribution in [3.8, 4) is 11.5 Å². The van der Waals surface area contributed by atoms with Gasteiger partial charge in [-0.05, 0) is 60.9 Å². The number of halogens is 1. The van der Waals surface area contributed by atoms with Crippen LogP contribution in [-0.4, -0.2) is 37.1 Å². The second kappa shape index (κ2) is 11.9. The van der Waals surface area contributed by atoms with Gasteiger partial charge in [0, 0.05) is 19.3 Å². The topological polar surface area (TPSA) is 67.9 Å². The summed E-state index contributed by atoms with van der Waals surface area (Å²) in [7, 11) is 1.77. The first-order chi connectivity index (χ1) is 15.9. The van der Waals surface area contributed by atoms with Crippen LogP contribution in [0.4, 0.5) is 10.5 Å². The number of esters is 1. The molecule has 0 atom stereocenters. The summed E-state index contributed by atoms with van der Waals surface area (Å²) in [6.45, 7) is 2.72. The number of likely N-dealkylation sites (N-methyl/N-ethyl adjacent to an activating group) is 1. The predicted molar refractivity (Wildman–Crippen MR) is 130 cm³/mol. The molecule has 3 rings (SSSR count). The van der Waals surface area contributed by atoms with E-state index in [1.165, 1.54) is 5.56 Å². The van der Waals surface area contributed by atoms with Crippen LogP contribution < -0.4 is 10.1 Å². The van der Waals surface area contributed by atoms with E-state index in [-0.39, 0.29) is 18.4 Å². The first kappa shape index (κ1) is 24.1. The Morgan fingerprint density at radius 2 is 1.70 bits per heavy atom. The Labute approximate surface area is 199 Å². The van der Waals surface area contributed by atoms with Crippen LogP contribution in [-0.2, 0) is 22.4 Å². The van der Waals surface area contributed by atoms with Crippen LogP contribution in [0.1, 0.15) is 18.1 Å². The predicted octanol–water partition coefficient (Wildman–Crippen LogP) is 5.94. The van der Waals surface area contributed by atoms with Gasteiger partial charge in [-0.1, -0.05) is 48.0 Å². The lowest BCUT2D eigenvalue weighted by Gasteiger charge is -2.18. The Morgan fingerprint density at radius 3 is 2.36 bits per heavy atom. The molecule has 0 saturated carbocycles. The number of carbonyl (C=O) groups is 2. The zero-order chi connectivity index (χ0) is 23.6. The van der Waals surface area contributed by atoms with Crippen LogP contribution in [0, 0.1) is 0 Å². The maximum Gasteiger partial charge on any atom is 0.321 e. The second-order valence-corrected chi connectivity index (χ2v) is 7.87. The Bertz CT molecular complexity index is 1070. The molecule has 3 aromatic rings. The van der Waals surface area contributed by atoms with Crippen molar-refractivity contribution in [3.63, 3.8) is 0 Å². The van der Waals surface area contributed by atoms with Crippen LogP contribution in [0.3, 0.4) is 0 Å². The molecule has 3 aromatic carbocycles. The number of benzene rings is 3. The fraction of sp³-hybridized carbons (Fsp3) is 0.231. The van der Waals surface area contributed by atoms with Gasteiger partial charge in [0.25, 0.3) is 0 Å². The highest BCUT2D eigenvalue weighted by Crippen LogP contribution is 2.31. The molecule has 0 fully saturated rings. The fourth-order valence-corrected chi connectivity index (χ4v) is 3.35. The third kappa shape index (κ3) is 7.54. The molecule has 0 aliphatic heterocycles. The zero-order valence-electron chi connectivity index (χ0n) is 18.7. The van der Waals surface area contributed by atoms with Gasteiger partial charge >= 0.3 is 12.0 Å². The molecule has 0 radical (unpaired) electrons. The van der Waals surface area contributed by atoms with E-state index < -0.39 is 0 Å². The number of hydrogen-bond acceptors (Lipinski definition) is 4. The minimum Gasteiger partial charge on any atom is -0.466 e. The van der Waals surface area contributed by atoms with Crippen molar-refractivity contribution in [2.75, 3.05) is 25.5 Å². The summed E-state index contributed by atoms with van der Waals surface area (Å²) in [5, 5.41) is 3.28. The number of hydrogen-bond donors (Lipinski definition) is 1. The average molecular weight is 467 g/mol. The van der Waals surface area contributed by atoms with Gasteiger partial charge in [0.1, 0.15) is 11.5 Å². The van der Waals surface area contributed by atoms with E-state index in [9.17, 15) is 9.59 Å². The standard InChI is InChI=1S/C26H27ClN2O4/c1-3-32-25(30)18-20-9-14-24(23(27)17-20)33-22-12-10-21(11-13-22)28-26(31)29(2)16-15-19-7-5-4-6-8-19/h4-14,17H,3,15-16,18H2,1-2H3,(H,28,31). The molecular weight excluding hydrogens is 440 g/mol. The smallest absolute Gasteiger partial charge is 0.321 e. The van der Waals surface area contributed by atoms with Gasteiger partial charge in [-0.25, -0.2) is 4.79 Å². The third-order valence-electron chi connectivity index (χ3n) is 4.91. The van der Waals surface area contributed by atoms with Gasteiger partial charge in [-0.2, -0.15) is 0 Å². The summed E-state index contributed by atoms with van der Waals surface area (Å²) in [6.07, 6.45) is 0.943. The molecule has 0 heterocycles. The first-order valence-electron chi connectivity index (χ1n) is 10.7. The molecule has 0 bridgehead atoms. The van der Waals surface area contributed by atoms with Crippen molar-refractivity contribution in [1.82, 2.24) is 4.90 Å². The first-order valence-corrected chi connectivity index (χ1v) is 11.1. The van der Waals surface area contributed by atoms with Crippen LogP contribution >= 0.6 is 11.6 Å². The summed E-state index contributed by atoms with van der Waals surface area (Å²) in [5.74, 6) is 0.748. The molecular formula is C26H27ClN2O4. The van der Waals surface area contributed by atoms with E-state index in [1.54, 1.807) is 61.3 Å². The molecule has 0 aliphatic rings. The van der Waals surface area contributed by atoms with Crippen molar-refractivity contribution in [1.29, 1.82) is 0 Å². The van der Waals surface area contributed by atoms with E-state index in [0.29, 0.717) is 35.4 Å². The number of amides is 2. The molecule has 0 saturated heterocycles.